The highest BCUT2D eigenvalue weighted by atomic mass is 14.7. The second-order valence-electron chi connectivity index (χ2n) is 7.58. The van der Waals surface area contributed by atoms with Crippen LogP contribution in [0.25, 0.3) is 44.6 Å². The third-order valence-corrected chi connectivity index (χ3v) is 5.60. The molecule has 0 atom stereocenters. The number of nitrogens with zero attached hydrogens (tertiary/aromatic N) is 2. The smallest absolute Gasteiger partial charge is 0.0726 e. The van der Waals surface area contributed by atoms with E-state index in [9.17, 15) is 0 Å². The molecule has 5 rings (SSSR count). The average molecular weight is 399 g/mol. The van der Waals surface area contributed by atoms with Gasteiger partial charge in [-0.05, 0) is 64.1 Å². The number of aryl methyl sites for hydroxylation is 1. The maximum Gasteiger partial charge on any atom is 0.0726 e. The van der Waals surface area contributed by atoms with Gasteiger partial charge in [-0.3, -0.25) is 9.97 Å². The molecule has 0 N–H and O–H groups in total. The van der Waals surface area contributed by atoms with E-state index >= 15 is 0 Å². The van der Waals surface area contributed by atoms with Crippen LogP contribution in [0, 0.1) is 6.92 Å². The quantitative estimate of drug-likeness (QED) is 0.314. The molecular weight excluding hydrogens is 376 g/mol. The summed E-state index contributed by atoms with van der Waals surface area (Å²) in [4.78, 5) is 8.98. The van der Waals surface area contributed by atoms with Gasteiger partial charge >= 0.3 is 0 Å². The van der Waals surface area contributed by atoms with Crippen LogP contribution < -0.4 is 0 Å². The molecule has 5 aromatic rings. The highest BCUT2D eigenvalue weighted by molar-refractivity contribution is 5.95. The van der Waals surface area contributed by atoms with E-state index in [1.54, 1.807) is 0 Å². The second-order valence-corrected chi connectivity index (χ2v) is 7.58. The number of aromatic nitrogens is 2. The van der Waals surface area contributed by atoms with Gasteiger partial charge in [-0.25, -0.2) is 0 Å². The van der Waals surface area contributed by atoms with Gasteiger partial charge in [-0.15, -0.1) is 0 Å². The van der Waals surface area contributed by atoms with Crippen molar-refractivity contribution in [2.45, 2.75) is 6.92 Å². The van der Waals surface area contributed by atoms with Gasteiger partial charge in [0.15, 0.2) is 0 Å². The van der Waals surface area contributed by atoms with Crippen molar-refractivity contribution >= 4 is 0 Å². The van der Waals surface area contributed by atoms with Crippen LogP contribution in [-0.4, -0.2) is 9.97 Å². The standard InChI is InChI=1S/C29H22N2/c1-21-15-17-30-20-27(21)28-19-24(16-18-31-28)29-25(22-9-4-2-5-10-22)13-8-14-26(29)23-11-6-3-7-12-23/h2-20H,1H3. The molecule has 0 spiro atoms. The van der Waals surface area contributed by atoms with Crippen molar-refractivity contribution in [3.63, 3.8) is 0 Å². The fourth-order valence-electron chi connectivity index (χ4n) is 4.05. The van der Waals surface area contributed by atoms with Crippen molar-refractivity contribution < 1.29 is 0 Å². The minimum atomic E-state index is 0.935. The predicted octanol–water partition coefficient (Wildman–Crippen LogP) is 7.45. The zero-order valence-electron chi connectivity index (χ0n) is 17.4. The molecule has 2 aromatic heterocycles. The van der Waals surface area contributed by atoms with Crippen LogP contribution in [0.1, 0.15) is 5.56 Å². The minimum absolute atomic E-state index is 0.935. The molecule has 0 amide bonds. The number of hydrogen-bond donors (Lipinski definition) is 0. The zero-order valence-corrected chi connectivity index (χ0v) is 17.4. The van der Waals surface area contributed by atoms with Crippen LogP contribution in [0.3, 0.4) is 0 Å². The molecule has 0 unspecified atom stereocenters. The van der Waals surface area contributed by atoms with Crippen molar-refractivity contribution in [1.82, 2.24) is 9.97 Å². The predicted molar refractivity (Wildman–Crippen MR) is 129 cm³/mol. The summed E-state index contributed by atoms with van der Waals surface area (Å²) in [5.41, 5.74) is 10.3. The van der Waals surface area contributed by atoms with Crippen molar-refractivity contribution in [2.24, 2.45) is 0 Å². The van der Waals surface area contributed by atoms with Gasteiger partial charge in [-0.1, -0.05) is 78.9 Å². The van der Waals surface area contributed by atoms with E-state index in [4.69, 9.17) is 0 Å². The van der Waals surface area contributed by atoms with Crippen LogP contribution in [0.5, 0.6) is 0 Å². The third kappa shape index (κ3) is 3.76. The second kappa shape index (κ2) is 8.37. The van der Waals surface area contributed by atoms with E-state index in [2.05, 4.69) is 108 Å². The first-order valence-corrected chi connectivity index (χ1v) is 10.4. The fourth-order valence-corrected chi connectivity index (χ4v) is 4.05. The first-order valence-electron chi connectivity index (χ1n) is 10.4. The molecule has 0 radical (unpaired) electrons. The maximum atomic E-state index is 4.66. The van der Waals surface area contributed by atoms with Gasteiger partial charge in [-0.2, -0.15) is 0 Å². The molecule has 2 nitrogen and oxygen atoms in total. The Morgan fingerprint density at radius 2 is 1.19 bits per heavy atom. The van der Waals surface area contributed by atoms with Crippen molar-refractivity contribution in [1.29, 1.82) is 0 Å². The van der Waals surface area contributed by atoms with Gasteiger partial charge in [0, 0.05) is 24.2 Å². The minimum Gasteiger partial charge on any atom is -0.264 e. The Hall–Kier alpha value is -4.04. The van der Waals surface area contributed by atoms with E-state index in [-0.39, 0.29) is 0 Å². The lowest BCUT2D eigenvalue weighted by atomic mass is 9.87. The molecular formula is C29H22N2. The zero-order chi connectivity index (χ0) is 21.0. The van der Waals surface area contributed by atoms with Crippen LogP contribution in [-0.2, 0) is 0 Å². The van der Waals surface area contributed by atoms with E-state index in [0.29, 0.717) is 0 Å². The maximum absolute atomic E-state index is 4.66. The van der Waals surface area contributed by atoms with Crippen LogP contribution in [0.4, 0.5) is 0 Å². The summed E-state index contributed by atoms with van der Waals surface area (Å²) in [6.07, 6.45) is 5.61. The molecule has 0 saturated carbocycles. The summed E-state index contributed by atoms with van der Waals surface area (Å²) < 4.78 is 0. The molecule has 2 heteroatoms. The molecule has 0 aliphatic carbocycles. The van der Waals surface area contributed by atoms with Crippen LogP contribution >= 0.6 is 0 Å². The molecule has 3 aromatic carbocycles. The first-order chi connectivity index (χ1) is 15.3. The molecule has 0 saturated heterocycles. The summed E-state index contributed by atoms with van der Waals surface area (Å²) in [5, 5.41) is 0. The highest BCUT2D eigenvalue weighted by Crippen LogP contribution is 2.40. The molecule has 0 aliphatic heterocycles. The molecule has 0 bridgehead atoms. The van der Waals surface area contributed by atoms with Crippen molar-refractivity contribution in [3.05, 3.63) is 121 Å². The topological polar surface area (TPSA) is 25.8 Å². The monoisotopic (exact) mass is 398 g/mol. The Balaban J connectivity index is 1.77. The van der Waals surface area contributed by atoms with E-state index in [1.807, 2.05) is 24.7 Å². The lowest BCUT2D eigenvalue weighted by molar-refractivity contribution is 1.25. The van der Waals surface area contributed by atoms with Crippen molar-refractivity contribution in [3.8, 4) is 44.6 Å². The third-order valence-electron chi connectivity index (χ3n) is 5.60. The Morgan fingerprint density at radius 3 is 1.81 bits per heavy atom. The number of hydrogen-bond acceptors (Lipinski definition) is 2. The summed E-state index contributed by atoms with van der Waals surface area (Å²) in [6, 6.07) is 34.0. The van der Waals surface area contributed by atoms with Gasteiger partial charge in [0.1, 0.15) is 0 Å². The van der Waals surface area contributed by atoms with Gasteiger partial charge < -0.3 is 0 Å². The lowest BCUT2D eigenvalue weighted by Crippen LogP contribution is -1.93. The molecule has 0 fully saturated rings. The van der Waals surface area contributed by atoms with Gasteiger partial charge in [0.2, 0.25) is 0 Å². The summed E-state index contributed by atoms with van der Waals surface area (Å²) in [6.45, 7) is 2.10. The SMILES string of the molecule is Cc1ccncc1-c1cc(-c2c(-c3ccccc3)cccc2-c2ccccc2)ccn1. The lowest BCUT2D eigenvalue weighted by Gasteiger charge is -2.17. The van der Waals surface area contributed by atoms with Crippen LogP contribution in [0.15, 0.2) is 116 Å². The Morgan fingerprint density at radius 1 is 0.548 bits per heavy atom. The largest absolute Gasteiger partial charge is 0.264 e. The molecule has 2 heterocycles. The number of pyridine rings is 2. The molecule has 148 valence electrons. The Bertz CT molecular complexity index is 1270. The summed E-state index contributed by atoms with van der Waals surface area (Å²) >= 11 is 0. The Labute approximate surface area is 182 Å². The molecule has 31 heavy (non-hydrogen) atoms. The normalized spacial score (nSPS) is 10.7. The fraction of sp³-hybridized carbons (Fsp3) is 0.0345. The number of rotatable bonds is 4. The van der Waals surface area contributed by atoms with E-state index < -0.39 is 0 Å². The van der Waals surface area contributed by atoms with Gasteiger partial charge in [0.05, 0.1) is 5.69 Å². The van der Waals surface area contributed by atoms with E-state index in [0.717, 1.165) is 16.8 Å². The van der Waals surface area contributed by atoms with E-state index in [1.165, 1.54) is 33.4 Å². The number of benzene rings is 3. The average Bonchev–Trinajstić information content (AvgIpc) is 2.85. The first kappa shape index (κ1) is 19.0. The summed E-state index contributed by atoms with van der Waals surface area (Å²) in [7, 11) is 0. The van der Waals surface area contributed by atoms with Gasteiger partial charge in [0.25, 0.3) is 0 Å². The summed E-state index contributed by atoms with van der Waals surface area (Å²) in [5.74, 6) is 0. The molecule has 0 aliphatic rings. The Kier molecular flexibility index (Phi) is 5.12. The van der Waals surface area contributed by atoms with Crippen LogP contribution in [0.2, 0.25) is 0 Å². The van der Waals surface area contributed by atoms with Crippen molar-refractivity contribution in [2.75, 3.05) is 0 Å². The highest BCUT2D eigenvalue weighted by Gasteiger charge is 2.15.